The number of rotatable bonds is 6. The largest absolute Gasteiger partial charge is 0.465 e. The Kier molecular flexibility index (Phi) is 5.72. The number of amides is 2. The molecule has 3 heterocycles. The van der Waals surface area contributed by atoms with Gasteiger partial charge < -0.3 is 19.0 Å². The fourth-order valence-corrected chi connectivity index (χ4v) is 3.49. The number of cyclic esters (lactones) is 1. The van der Waals surface area contributed by atoms with Crippen LogP contribution in [0.15, 0.2) is 6.20 Å². The first-order valence-corrected chi connectivity index (χ1v) is 11.6. The van der Waals surface area contributed by atoms with Crippen molar-refractivity contribution in [2.45, 2.75) is 44.5 Å². The topological polar surface area (TPSA) is 103 Å². The predicted octanol–water partition coefficient (Wildman–Crippen LogP) is 2.71. The first-order valence-electron chi connectivity index (χ1n) is 9.22. The molecule has 1 unspecified atom stereocenters. The monoisotopic (exact) mass is 412 g/mol. The number of carbonyl (C=O) groups excluding carboxylic acids is 2. The van der Waals surface area contributed by atoms with E-state index in [0.717, 1.165) is 6.42 Å². The maximum absolute atomic E-state index is 12.2. The zero-order valence-corrected chi connectivity index (χ0v) is 17.8. The summed E-state index contributed by atoms with van der Waals surface area (Å²) in [6.07, 6.45) is 6.59. The van der Waals surface area contributed by atoms with Gasteiger partial charge in [0.2, 0.25) is 0 Å². The lowest BCUT2D eigenvalue weighted by Crippen LogP contribution is -2.29. The normalized spacial score (nSPS) is 20.3. The van der Waals surface area contributed by atoms with Crippen LogP contribution in [0.2, 0.25) is 0 Å². The molecule has 1 atom stereocenters. The fraction of sp³-hybridized carbons (Fsp3) is 0.667. The Hall–Kier alpha value is -2.07. The van der Waals surface area contributed by atoms with E-state index in [1.54, 1.807) is 0 Å². The van der Waals surface area contributed by atoms with Gasteiger partial charge in [-0.1, -0.05) is 20.8 Å². The molecule has 3 rings (SSSR count). The Bertz CT molecular complexity index is 765. The number of hydrogen-bond donors (Lipinski definition) is 1. The number of nitrogens with zero attached hydrogens (tertiary/aromatic N) is 3. The van der Waals surface area contributed by atoms with Gasteiger partial charge in [0.05, 0.1) is 19.3 Å². The van der Waals surface area contributed by atoms with E-state index in [2.05, 4.69) is 48.6 Å². The number of carbonyl (C=O) groups is 2. The highest BCUT2D eigenvalue weighted by atomic mass is 32.3. The minimum Gasteiger partial charge on any atom is -0.465 e. The first-order chi connectivity index (χ1) is 13.1. The van der Waals surface area contributed by atoms with Crippen molar-refractivity contribution in [2.75, 3.05) is 42.5 Å². The molecule has 9 nitrogen and oxygen atoms in total. The summed E-state index contributed by atoms with van der Waals surface area (Å²) < 4.78 is 16.9. The van der Waals surface area contributed by atoms with Crippen molar-refractivity contribution in [3.05, 3.63) is 6.20 Å². The Morgan fingerprint density at radius 3 is 2.82 bits per heavy atom. The summed E-state index contributed by atoms with van der Waals surface area (Å²) in [5, 5.41) is 2.59. The van der Waals surface area contributed by atoms with Gasteiger partial charge in [-0.2, -0.15) is 0 Å². The van der Waals surface area contributed by atoms with Crippen molar-refractivity contribution in [3.8, 4) is 5.88 Å². The van der Waals surface area contributed by atoms with E-state index in [1.165, 1.54) is 11.1 Å². The summed E-state index contributed by atoms with van der Waals surface area (Å²) in [6.45, 7) is 7.49. The van der Waals surface area contributed by atoms with Crippen LogP contribution in [-0.2, 0) is 13.7 Å². The molecule has 2 aliphatic heterocycles. The lowest BCUT2D eigenvalue weighted by atomic mass is 10.2. The number of nitrogens with one attached hydrogen (secondary N) is 1. The number of aromatic nitrogens is 2. The minimum absolute atomic E-state index is 0.0926. The minimum atomic E-state index is -1.15. The number of hydrogen-bond acceptors (Lipinski definition) is 7. The van der Waals surface area contributed by atoms with Gasteiger partial charge in [-0.15, -0.1) is 10.3 Å². The van der Waals surface area contributed by atoms with Crippen LogP contribution in [-0.4, -0.2) is 65.1 Å². The van der Waals surface area contributed by atoms with Crippen LogP contribution in [0.5, 0.6) is 5.88 Å². The van der Waals surface area contributed by atoms with Gasteiger partial charge >= 0.3 is 6.09 Å². The van der Waals surface area contributed by atoms with E-state index >= 15 is 0 Å². The molecule has 156 valence electrons. The van der Waals surface area contributed by atoms with Crippen LogP contribution in [0, 0.1) is 0 Å². The molecule has 1 fully saturated rings. The molecular formula is C18H28N4O5S. The summed E-state index contributed by atoms with van der Waals surface area (Å²) in [5.74, 6) is 0.479. The quantitative estimate of drug-likeness (QED) is 0.717. The molecule has 10 heteroatoms. The van der Waals surface area contributed by atoms with Crippen molar-refractivity contribution in [3.63, 3.8) is 0 Å². The van der Waals surface area contributed by atoms with Crippen LogP contribution in [0.4, 0.5) is 16.4 Å². The van der Waals surface area contributed by atoms with Gasteiger partial charge in [0.25, 0.3) is 11.8 Å². The maximum atomic E-state index is 12.2. The Morgan fingerprint density at radius 2 is 2.11 bits per heavy atom. The van der Waals surface area contributed by atoms with E-state index in [9.17, 15) is 9.59 Å². The predicted molar refractivity (Wildman–Crippen MR) is 108 cm³/mol. The smallest absolute Gasteiger partial charge is 0.415 e. The Morgan fingerprint density at radius 1 is 1.36 bits per heavy atom. The molecule has 1 aromatic heterocycles. The highest BCUT2D eigenvalue weighted by molar-refractivity contribution is 8.29. The molecule has 1 N–H and O–H groups in total. The van der Waals surface area contributed by atoms with Crippen molar-refractivity contribution in [1.82, 2.24) is 9.97 Å². The Labute approximate surface area is 166 Å². The summed E-state index contributed by atoms with van der Waals surface area (Å²) in [6, 6.07) is 0. The molecule has 2 amide bonds. The van der Waals surface area contributed by atoms with E-state index < -0.39 is 16.4 Å². The molecule has 0 saturated carbocycles. The van der Waals surface area contributed by atoms with Crippen molar-refractivity contribution >= 4 is 33.9 Å². The van der Waals surface area contributed by atoms with Gasteiger partial charge in [0, 0.05) is 4.75 Å². The third kappa shape index (κ3) is 4.49. The summed E-state index contributed by atoms with van der Waals surface area (Å²) >= 11 is 0. The third-order valence-electron chi connectivity index (χ3n) is 5.00. The SMILES string of the molecule is CC(C)(C)S(C)(C)OCCCC1CN(c2cnc3c(n2)NC(=O)CO3)C(=O)O1. The van der Waals surface area contributed by atoms with E-state index in [4.69, 9.17) is 13.7 Å². The molecule has 0 aromatic carbocycles. The van der Waals surface area contributed by atoms with Crippen LogP contribution in [0.1, 0.15) is 33.6 Å². The number of fused-ring (bicyclic) bond motifs is 1. The van der Waals surface area contributed by atoms with Gasteiger partial charge in [-0.3, -0.25) is 9.69 Å². The Balaban J connectivity index is 1.53. The fourth-order valence-electron chi connectivity index (χ4n) is 2.60. The van der Waals surface area contributed by atoms with Gasteiger partial charge in [0.15, 0.2) is 18.2 Å². The van der Waals surface area contributed by atoms with E-state index in [1.807, 2.05) is 0 Å². The van der Waals surface area contributed by atoms with Crippen LogP contribution in [0.3, 0.4) is 0 Å². The second-order valence-corrected chi connectivity index (χ2v) is 12.1. The highest BCUT2D eigenvalue weighted by Gasteiger charge is 2.34. The molecule has 0 spiro atoms. The summed E-state index contributed by atoms with van der Waals surface area (Å²) in [4.78, 5) is 33.5. The molecule has 0 radical (unpaired) electrons. The summed E-state index contributed by atoms with van der Waals surface area (Å²) in [5.41, 5.74) is 0. The first kappa shape index (κ1) is 20.7. The van der Waals surface area contributed by atoms with Crippen LogP contribution >= 0.6 is 10.3 Å². The average molecular weight is 413 g/mol. The molecule has 2 aliphatic rings. The van der Waals surface area contributed by atoms with E-state index in [0.29, 0.717) is 25.4 Å². The van der Waals surface area contributed by atoms with Crippen LogP contribution in [0.25, 0.3) is 0 Å². The number of ether oxygens (including phenoxy) is 2. The average Bonchev–Trinajstić information content (AvgIpc) is 2.98. The molecule has 28 heavy (non-hydrogen) atoms. The number of anilines is 2. The van der Waals surface area contributed by atoms with Crippen molar-refractivity contribution < 1.29 is 23.2 Å². The van der Waals surface area contributed by atoms with Crippen molar-refractivity contribution in [1.29, 1.82) is 0 Å². The third-order valence-corrected chi connectivity index (χ3v) is 8.70. The van der Waals surface area contributed by atoms with Gasteiger partial charge in [-0.05, 0) is 25.4 Å². The zero-order chi connectivity index (χ0) is 20.5. The zero-order valence-electron chi connectivity index (χ0n) is 17.0. The molecular weight excluding hydrogens is 384 g/mol. The molecule has 1 aromatic rings. The van der Waals surface area contributed by atoms with Gasteiger partial charge in [-0.25, -0.2) is 14.8 Å². The second-order valence-electron chi connectivity index (χ2n) is 8.14. The maximum Gasteiger partial charge on any atom is 0.415 e. The highest BCUT2D eigenvalue weighted by Crippen LogP contribution is 2.53. The lowest BCUT2D eigenvalue weighted by molar-refractivity contribution is -0.118. The standard InChI is InChI=1S/C18H28N4O5S/c1-18(2,3)28(4,5)26-8-6-7-12-10-22(17(24)27-12)13-9-19-16-15(20-13)21-14(23)11-25-16/h9,12H,6-8,10-11H2,1-5H3,(H,20,21,23). The lowest BCUT2D eigenvalue weighted by Gasteiger charge is -2.43. The van der Waals surface area contributed by atoms with Crippen molar-refractivity contribution in [2.24, 2.45) is 0 Å². The van der Waals surface area contributed by atoms with Crippen LogP contribution < -0.4 is 15.0 Å². The summed E-state index contributed by atoms with van der Waals surface area (Å²) in [7, 11) is -1.15. The second kappa shape index (κ2) is 7.75. The van der Waals surface area contributed by atoms with E-state index in [-0.39, 0.29) is 35.1 Å². The molecule has 0 aliphatic carbocycles. The van der Waals surface area contributed by atoms with Gasteiger partial charge in [0.1, 0.15) is 6.10 Å². The molecule has 0 bridgehead atoms. The molecule has 1 saturated heterocycles.